The molecule has 1 saturated heterocycles. The lowest BCUT2D eigenvalue weighted by Crippen LogP contribution is -2.51. The number of benzene rings is 1. The minimum atomic E-state index is 0.165. The Balaban J connectivity index is 1.47. The van der Waals surface area contributed by atoms with Gasteiger partial charge in [0.15, 0.2) is 0 Å². The molecule has 3 rings (SSSR count). The monoisotopic (exact) mass is 346 g/mol. The van der Waals surface area contributed by atoms with Crippen LogP contribution in [0.2, 0.25) is 0 Å². The molecule has 2 fully saturated rings. The maximum Gasteiger partial charge on any atom is 0.227 e. The van der Waals surface area contributed by atoms with Gasteiger partial charge in [-0.25, -0.2) is 0 Å². The molecule has 1 aromatic rings. The molecular weight excluding hydrogens is 320 g/mol. The summed E-state index contributed by atoms with van der Waals surface area (Å²) in [6.07, 6.45) is 2.54. The van der Waals surface area contributed by atoms with Crippen molar-refractivity contribution in [1.82, 2.24) is 9.80 Å². The van der Waals surface area contributed by atoms with Gasteiger partial charge in [-0.2, -0.15) is 0 Å². The zero-order valence-corrected chi connectivity index (χ0v) is 15.3. The molecule has 1 heterocycles. The third-order valence-corrected chi connectivity index (χ3v) is 5.54. The van der Waals surface area contributed by atoms with Crippen molar-refractivity contribution in [3.8, 4) is 0 Å². The van der Waals surface area contributed by atoms with Crippen LogP contribution in [0.3, 0.4) is 0 Å². The molecule has 0 atom stereocenters. The van der Waals surface area contributed by atoms with Crippen molar-refractivity contribution in [3.05, 3.63) is 29.8 Å². The van der Waals surface area contributed by atoms with E-state index >= 15 is 0 Å². The second kappa shape index (κ2) is 7.60. The highest BCUT2D eigenvalue weighted by molar-refractivity contribution is 7.99. The van der Waals surface area contributed by atoms with Gasteiger partial charge >= 0.3 is 0 Å². The fourth-order valence-corrected chi connectivity index (χ4v) is 3.85. The molecule has 130 valence electrons. The number of thioether (sulfide) groups is 1. The van der Waals surface area contributed by atoms with Crippen LogP contribution in [0.1, 0.15) is 32.3 Å². The Labute approximate surface area is 148 Å². The van der Waals surface area contributed by atoms with Gasteiger partial charge in [-0.1, -0.05) is 26.0 Å². The lowest BCUT2D eigenvalue weighted by molar-refractivity contribution is -0.140. The SMILES string of the molecule is CC(C)Sc1ccc(CC(=O)N2CCN(C(=O)C3CC3)CC2)cc1. The third kappa shape index (κ3) is 4.53. The zero-order chi connectivity index (χ0) is 17.1. The number of hydrogen-bond acceptors (Lipinski definition) is 3. The second-order valence-corrected chi connectivity index (χ2v) is 8.62. The molecule has 0 unspecified atom stereocenters. The van der Waals surface area contributed by atoms with E-state index < -0.39 is 0 Å². The van der Waals surface area contributed by atoms with E-state index in [4.69, 9.17) is 0 Å². The van der Waals surface area contributed by atoms with Crippen LogP contribution < -0.4 is 0 Å². The first kappa shape index (κ1) is 17.3. The Bertz CT molecular complexity index is 588. The zero-order valence-electron chi connectivity index (χ0n) is 14.5. The summed E-state index contributed by atoms with van der Waals surface area (Å²) in [4.78, 5) is 29.6. The first-order valence-electron chi connectivity index (χ1n) is 8.85. The molecule has 5 heteroatoms. The van der Waals surface area contributed by atoms with Crippen LogP contribution >= 0.6 is 11.8 Å². The number of piperazine rings is 1. The fraction of sp³-hybridized carbons (Fsp3) is 0.579. The maximum absolute atomic E-state index is 12.5. The lowest BCUT2D eigenvalue weighted by Gasteiger charge is -2.35. The summed E-state index contributed by atoms with van der Waals surface area (Å²) in [6.45, 7) is 7.05. The highest BCUT2D eigenvalue weighted by Gasteiger charge is 2.35. The smallest absolute Gasteiger partial charge is 0.227 e. The minimum absolute atomic E-state index is 0.165. The van der Waals surface area contributed by atoms with Gasteiger partial charge in [0.05, 0.1) is 6.42 Å². The van der Waals surface area contributed by atoms with Gasteiger partial charge in [0.25, 0.3) is 0 Å². The van der Waals surface area contributed by atoms with Crippen LogP contribution in [0, 0.1) is 5.92 Å². The summed E-state index contributed by atoms with van der Waals surface area (Å²) in [5.41, 5.74) is 1.06. The molecule has 24 heavy (non-hydrogen) atoms. The summed E-state index contributed by atoms with van der Waals surface area (Å²) in [7, 11) is 0. The number of hydrogen-bond donors (Lipinski definition) is 0. The lowest BCUT2D eigenvalue weighted by atomic mass is 10.1. The van der Waals surface area contributed by atoms with Crippen molar-refractivity contribution in [1.29, 1.82) is 0 Å². The van der Waals surface area contributed by atoms with Gasteiger partial charge < -0.3 is 9.80 Å². The van der Waals surface area contributed by atoms with E-state index in [9.17, 15) is 9.59 Å². The van der Waals surface area contributed by atoms with Crippen LogP contribution in [0.4, 0.5) is 0 Å². The normalized spacial score (nSPS) is 18.1. The number of nitrogens with zero attached hydrogens (tertiary/aromatic N) is 2. The highest BCUT2D eigenvalue weighted by atomic mass is 32.2. The largest absolute Gasteiger partial charge is 0.339 e. The van der Waals surface area contributed by atoms with E-state index in [0.717, 1.165) is 18.4 Å². The number of amides is 2. The van der Waals surface area contributed by atoms with Crippen molar-refractivity contribution in [3.63, 3.8) is 0 Å². The van der Waals surface area contributed by atoms with Gasteiger partial charge in [0, 0.05) is 42.2 Å². The second-order valence-electron chi connectivity index (χ2n) is 6.97. The molecule has 1 aromatic carbocycles. The molecule has 4 nitrogen and oxygen atoms in total. The van der Waals surface area contributed by atoms with E-state index in [1.54, 1.807) is 0 Å². The van der Waals surface area contributed by atoms with Gasteiger partial charge in [0.2, 0.25) is 11.8 Å². The minimum Gasteiger partial charge on any atom is -0.339 e. The van der Waals surface area contributed by atoms with E-state index in [1.165, 1.54) is 4.90 Å². The summed E-state index contributed by atoms with van der Waals surface area (Å²) >= 11 is 1.83. The van der Waals surface area contributed by atoms with E-state index in [1.807, 2.05) is 21.6 Å². The Morgan fingerprint density at radius 1 is 1.04 bits per heavy atom. The summed E-state index contributed by atoms with van der Waals surface area (Å²) < 4.78 is 0. The number of carbonyl (C=O) groups is 2. The van der Waals surface area contributed by atoms with Crippen molar-refractivity contribution < 1.29 is 9.59 Å². The third-order valence-electron chi connectivity index (χ3n) is 4.52. The summed E-state index contributed by atoms with van der Waals surface area (Å²) in [5.74, 6) is 0.729. The van der Waals surface area contributed by atoms with Gasteiger partial charge in [0.1, 0.15) is 0 Å². The van der Waals surface area contributed by atoms with E-state index in [0.29, 0.717) is 43.8 Å². The highest BCUT2D eigenvalue weighted by Crippen LogP contribution is 2.31. The topological polar surface area (TPSA) is 40.6 Å². The molecular formula is C19H26N2O2S. The number of rotatable bonds is 5. The molecule has 2 aliphatic rings. The molecule has 0 bridgehead atoms. The predicted octanol–water partition coefficient (Wildman–Crippen LogP) is 2.81. The molecule has 0 radical (unpaired) electrons. The number of carbonyl (C=O) groups excluding carboxylic acids is 2. The van der Waals surface area contributed by atoms with E-state index in [2.05, 4.69) is 38.1 Å². The van der Waals surface area contributed by atoms with Crippen LogP contribution in [0.5, 0.6) is 0 Å². The first-order chi connectivity index (χ1) is 11.5. The quantitative estimate of drug-likeness (QED) is 0.770. The average Bonchev–Trinajstić information content (AvgIpc) is 3.40. The van der Waals surface area contributed by atoms with Crippen molar-refractivity contribution in [2.24, 2.45) is 5.92 Å². The van der Waals surface area contributed by atoms with Gasteiger partial charge in [-0.05, 0) is 30.5 Å². The standard InChI is InChI=1S/C19H26N2O2S/c1-14(2)24-17-7-3-15(4-8-17)13-18(22)20-9-11-21(12-10-20)19(23)16-5-6-16/h3-4,7-8,14,16H,5-6,9-13H2,1-2H3. The molecule has 2 amide bonds. The molecule has 1 aliphatic carbocycles. The van der Waals surface area contributed by atoms with Gasteiger partial charge in [-0.15, -0.1) is 11.8 Å². The molecule has 0 aromatic heterocycles. The van der Waals surface area contributed by atoms with Crippen molar-refractivity contribution >= 4 is 23.6 Å². The maximum atomic E-state index is 12.5. The van der Waals surface area contributed by atoms with Crippen molar-refractivity contribution in [2.75, 3.05) is 26.2 Å². The summed E-state index contributed by atoms with van der Waals surface area (Å²) in [6, 6.07) is 8.30. The Hall–Kier alpha value is -1.49. The Kier molecular flexibility index (Phi) is 5.49. The van der Waals surface area contributed by atoms with Gasteiger partial charge in [-0.3, -0.25) is 9.59 Å². The van der Waals surface area contributed by atoms with E-state index in [-0.39, 0.29) is 11.8 Å². The Morgan fingerprint density at radius 2 is 1.62 bits per heavy atom. The average molecular weight is 346 g/mol. The molecule has 1 saturated carbocycles. The molecule has 0 N–H and O–H groups in total. The van der Waals surface area contributed by atoms with Crippen LogP contribution in [0.15, 0.2) is 29.2 Å². The van der Waals surface area contributed by atoms with Crippen LogP contribution in [-0.2, 0) is 16.0 Å². The fourth-order valence-electron chi connectivity index (χ4n) is 3.01. The molecule has 0 spiro atoms. The summed E-state index contributed by atoms with van der Waals surface area (Å²) in [5, 5.41) is 0.562. The van der Waals surface area contributed by atoms with Crippen LogP contribution in [0.25, 0.3) is 0 Å². The molecule has 1 aliphatic heterocycles. The predicted molar refractivity (Wildman–Crippen MR) is 97.0 cm³/mol. The van der Waals surface area contributed by atoms with Crippen molar-refractivity contribution in [2.45, 2.75) is 43.3 Å². The first-order valence-corrected chi connectivity index (χ1v) is 9.73. The van der Waals surface area contributed by atoms with Crippen LogP contribution in [-0.4, -0.2) is 53.0 Å². The Morgan fingerprint density at radius 3 is 2.17 bits per heavy atom.